The molecule has 1 heterocycles. The number of oxazole rings is 1. The van der Waals surface area contributed by atoms with E-state index in [1.54, 1.807) is 12.1 Å². The minimum atomic E-state index is -0.507. The maximum absolute atomic E-state index is 13.3. The van der Waals surface area contributed by atoms with Crippen LogP contribution in [0.2, 0.25) is 15.1 Å². The summed E-state index contributed by atoms with van der Waals surface area (Å²) < 4.78 is 18.8. The maximum Gasteiger partial charge on any atom is 0.231 e. The molecule has 1 aromatic heterocycles. The zero-order valence-corrected chi connectivity index (χ0v) is 12.0. The second-order valence-corrected chi connectivity index (χ2v) is 5.29. The van der Waals surface area contributed by atoms with Crippen molar-refractivity contribution in [2.75, 3.05) is 5.73 Å². The van der Waals surface area contributed by atoms with E-state index in [-0.39, 0.29) is 27.7 Å². The molecule has 0 amide bonds. The number of fused-ring (bicyclic) bond motifs is 1. The second kappa shape index (κ2) is 4.81. The largest absolute Gasteiger partial charge is 0.434 e. The first-order chi connectivity index (χ1) is 9.47. The van der Waals surface area contributed by atoms with Gasteiger partial charge in [-0.05, 0) is 18.2 Å². The van der Waals surface area contributed by atoms with Crippen LogP contribution in [0.1, 0.15) is 0 Å². The molecule has 3 aromatic rings. The number of hydrogen-bond acceptors (Lipinski definition) is 3. The molecule has 0 unspecified atom stereocenters. The van der Waals surface area contributed by atoms with Crippen molar-refractivity contribution >= 4 is 51.6 Å². The van der Waals surface area contributed by atoms with E-state index in [9.17, 15) is 4.39 Å². The highest BCUT2D eigenvalue weighted by molar-refractivity contribution is 6.38. The lowest BCUT2D eigenvalue weighted by molar-refractivity contribution is 0.614. The molecule has 7 heteroatoms. The standard InChI is InChI=1S/C13H6Cl3FN2O/c14-6-1-2-7(15)11(18)10(6)13-19-9-4-5(17)3-8(16)12(9)20-13/h1-4H,18H2. The summed E-state index contributed by atoms with van der Waals surface area (Å²) in [4.78, 5) is 4.15. The van der Waals surface area contributed by atoms with E-state index in [0.29, 0.717) is 15.6 Å². The monoisotopic (exact) mass is 330 g/mol. The molecule has 0 fully saturated rings. The predicted octanol–water partition coefficient (Wildman–Crippen LogP) is 5.18. The van der Waals surface area contributed by atoms with Crippen molar-refractivity contribution in [3.05, 3.63) is 45.2 Å². The zero-order chi connectivity index (χ0) is 14.4. The summed E-state index contributed by atoms with van der Waals surface area (Å²) in [6.07, 6.45) is 0. The van der Waals surface area contributed by atoms with Crippen LogP contribution in [0.25, 0.3) is 22.6 Å². The highest BCUT2D eigenvalue weighted by Gasteiger charge is 2.18. The Hall–Kier alpha value is -1.49. The predicted molar refractivity (Wildman–Crippen MR) is 78.8 cm³/mol. The molecule has 2 N–H and O–H groups in total. The fourth-order valence-electron chi connectivity index (χ4n) is 1.85. The quantitative estimate of drug-likeness (QED) is 0.625. The van der Waals surface area contributed by atoms with Crippen LogP contribution in [0.4, 0.5) is 10.1 Å². The molecule has 3 nitrogen and oxygen atoms in total. The Morgan fingerprint density at radius 3 is 2.50 bits per heavy atom. The van der Waals surface area contributed by atoms with E-state index in [4.69, 9.17) is 45.0 Å². The lowest BCUT2D eigenvalue weighted by atomic mass is 10.2. The molecule has 0 bridgehead atoms. The average molecular weight is 332 g/mol. The summed E-state index contributed by atoms with van der Waals surface area (Å²) in [5.74, 6) is -0.370. The number of benzene rings is 2. The topological polar surface area (TPSA) is 52.0 Å². The first-order valence-electron chi connectivity index (χ1n) is 5.47. The van der Waals surface area contributed by atoms with Gasteiger partial charge in [0.1, 0.15) is 11.3 Å². The van der Waals surface area contributed by atoms with Gasteiger partial charge in [-0.1, -0.05) is 34.8 Å². The maximum atomic E-state index is 13.3. The Morgan fingerprint density at radius 2 is 1.75 bits per heavy atom. The Labute approximate surface area is 128 Å². The molecule has 3 rings (SSSR count). The van der Waals surface area contributed by atoms with E-state index >= 15 is 0 Å². The summed E-state index contributed by atoms with van der Waals surface area (Å²) in [5.41, 5.74) is 7.01. The van der Waals surface area contributed by atoms with Gasteiger partial charge in [0.25, 0.3) is 0 Å². The molecule has 0 aliphatic rings. The molecule has 2 aromatic carbocycles. The summed E-state index contributed by atoms with van der Waals surface area (Å²) in [5, 5.41) is 0.773. The van der Waals surface area contributed by atoms with Gasteiger partial charge in [-0.15, -0.1) is 0 Å². The third-order valence-electron chi connectivity index (χ3n) is 2.76. The first kappa shape index (κ1) is 13.5. The lowest BCUT2D eigenvalue weighted by Crippen LogP contribution is -1.92. The molecule has 0 spiro atoms. The highest BCUT2D eigenvalue weighted by atomic mass is 35.5. The van der Waals surface area contributed by atoms with Crippen molar-refractivity contribution in [3.63, 3.8) is 0 Å². The zero-order valence-electron chi connectivity index (χ0n) is 9.75. The van der Waals surface area contributed by atoms with Crippen LogP contribution in [0.5, 0.6) is 0 Å². The van der Waals surface area contributed by atoms with Crippen molar-refractivity contribution < 1.29 is 8.81 Å². The molecule has 0 aliphatic heterocycles. The van der Waals surface area contributed by atoms with E-state index in [2.05, 4.69) is 4.98 Å². The van der Waals surface area contributed by atoms with Gasteiger partial charge in [0.05, 0.1) is 26.3 Å². The molecular formula is C13H6Cl3FN2O. The first-order valence-corrected chi connectivity index (χ1v) is 6.60. The highest BCUT2D eigenvalue weighted by Crippen LogP contribution is 2.39. The van der Waals surface area contributed by atoms with Gasteiger partial charge in [0.2, 0.25) is 5.89 Å². The molecule has 0 radical (unpaired) electrons. The third kappa shape index (κ3) is 2.10. The van der Waals surface area contributed by atoms with Crippen molar-refractivity contribution in [2.45, 2.75) is 0 Å². The molecule has 0 saturated carbocycles. The normalized spacial score (nSPS) is 11.2. The van der Waals surface area contributed by atoms with Gasteiger partial charge in [-0.2, -0.15) is 0 Å². The van der Waals surface area contributed by atoms with Crippen molar-refractivity contribution in [1.82, 2.24) is 4.98 Å². The fourth-order valence-corrected chi connectivity index (χ4v) is 2.49. The summed E-state index contributed by atoms with van der Waals surface area (Å²) in [6.45, 7) is 0. The van der Waals surface area contributed by atoms with Gasteiger partial charge in [-0.3, -0.25) is 0 Å². The van der Waals surface area contributed by atoms with Crippen LogP contribution in [0, 0.1) is 5.82 Å². The average Bonchev–Trinajstić information content (AvgIpc) is 2.78. The number of anilines is 1. The minimum absolute atomic E-state index is 0.121. The van der Waals surface area contributed by atoms with Gasteiger partial charge < -0.3 is 10.2 Å². The van der Waals surface area contributed by atoms with Crippen LogP contribution in [0.3, 0.4) is 0 Å². The molecule has 0 atom stereocenters. The summed E-state index contributed by atoms with van der Waals surface area (Å²) >= 11 is 18.0. The number of nitrogens with zero attached hydrogens (tertiary/aromatic N) is 1. The van der Waals surface area contributed by atoms with E-state index in [1.807, 2.05) is 0 Å². The van der Waals surface area contributed by atoms with Gasteiger partial charge in [0, 0.05) is 6.07 Å². The molecule has 102 valence electrons. The summed E-state index contributed by atoms with van der Waals surface area (Å²) in [7, 11) is 0. The second-order valence-electron chi connectivity index (χ2n) is 4.07. The van der Waals surface area contributed by atoms with Gasteiger partial charge in [-0.25, -0.2) is 9.37 Å². The minimum Gasteiger partial charge on any atom is -0.434 e. The number of aromatic nitrogens is 1. The van der Waals surface area contributed by atoms with E-state index in [1.165, 1.54) is 6.07 Å². The number of rotatable bonds is 1. The van der Waals surface area contributed by atoms with E-state index in [0.717, 1.165) is 6.07 Å². The fraction of sp³-hybridized carbons (Fsp3) is 0. The third-order valence-corrected chi connectivity index (χ3v) is 3.69. The van der Waals surface area contributed by atoms with Crippen LogP contribution in [-0.2, 0) is 0 Å². The Morgan fingerprint density at radius 1 is 1.05 bits per heavy atom. The molecule has 0 aliphatic carbocycles. The van der Waals surface area contributed by atoms with Crippen LogP contribution < -0.4 is 5.73 Å². The van der Waals surface area contributed by atoms with Crippen LogP contribution in [-0.4, -0.2) is 4.98 Å². The molecular weight excluding hydrogens is 326 g/mol. The van der Waals surface area contributed by atoms with Crippen LogP contribution >= 0.6 is 34.8 Å². The number of hydrogen-bond donors (Lipinski definition) is 1. The van der Waals surface area contributed by atoms with Crippen molar-refractivity contribution in [3.8, 4) is 11.5 Å². The SMILES string of the molecule is Nc1c(Cl)ccc(Cl)c1-c1nc2cc(F)cc(Cl)c2o1. The van der Waals surface area contributed by atoms with Gasteiger partial charge >= 0.3 is 0 Å². The van der Waals surface area contributed by atoms with Crippen molar-refractivity contribution in [2.24, 2.45) is 0 Å². The van der Waals surface area contributed by atoms with E-state index < -0.39 is 5.82 Å². The number of nitrogen functional groups attached to an aromatic ring is 1. The summed E-state index contributed by atoms with van der Waals surface area (Å²) in [6, 6.07) is 5.50. The van der Waals surface area contributed by atoms with Gasteiger partial charge in [0.15, 0.2) is 5.58 Å². The Balaban J connectivity index is 2.31. The molecule has 0 saturated heterocycles. The van der Waals surface area contributed by atoms with Crippen LogP contribution in [0.15, 0.2) is 28.7 Å². The Kier molecular flexibility index (Phi) is 3.24. The Bertz CT molecular complexity index is 832. The lowest BCUT2D eigenvalue weighted by Gasteiger charge is -2.05. The number of nitrogens with two attached hydrogens (primary N) is 1. The number of halogens is 4. The smallest absolute Gasteiger partial charge is 0.231 e. The molecule has 20 heavy (non-hydrogen) atoms. The van der Waals surface area contributed by atoms with Crippen molar-refractivity contribution in [1.29, 1.82) is 0 Å².